The van der Waals surface area contributed by atoms with E-state index in [1.165, 1.54) is 0 Å². The Morgan fingerprint density at radius 1 is 1.57 bits per heavy atom. The molecular weight excluding hydrogens is 115 g/mol. The van der Waals surface area contributed by atoms with E-state index in [-0.39, 0.29) is 18.5 Å². The van der Waals surface area contributed by atoms with Gasteiger partial charge in [0, 0.05) is 0 Å². The van der Waals surface area contributed by atoms with Crippen LogP contribution in [0.5, 0.6) is 0 Å². The molecule has 0 aromatic carbocycles. The molecule has 44 valence electrons. The number of hydrogen-bond donors (Lipinski definition) is 0. The van der Waals surface area contributed by atoms with Gasteiger partial charge in [-0.25, -0.2) is 0 Å². The van der Waals surface area contributed by atoms with E-state index in [4.69, 9.17) is 0 Å². The molecule has 0 spiro atoms. The lowest BCUT2D eigenvalue weighted by atomic mass is 10.5. The molecule has 0 radical (unpaired) electrons. The molecule has 0 saturated heterocycles. The molecule has 0 aromatic rings. The molecule has 0 aliphatic heterocycles. The normalized spacial score (nSPS) is 7.29. The van der Waals surface area contributed by atoms with Gasteiger partial charge < -0.3 is 4.74 Å². The molecule has 0 heterocycles. The summed E-state index contributed by atoms with van der Waals surface area (Å²) < 4.78 is 4.36. The molecule has 2 nitrogen and oxygen atoms in total. The van der Waals surface area contributed by atoms with Crippen molar-refractivity contribution in [2.45, 2.75) is 20.0 Å². The van der Waals surface area contributed by atoms with Gasteiger partial charge in [-0.3, -0.25) is 4.79 Å². The summed E-state index contributed by atoms with van der Waals surface area (Å²) in [5.41, 5.74) is 0. The molecule has 0 fully saturated rings. The lowest BCUT2D eigenvalue weighted by molar-refractivity contribution is -0.131. The number of hydrogen-bond acceptors (Lipinski definition) is 2. The van der Waals surface area contributed by atoms with Gasteiger partial charge >= 0.3 is 0 Å². The first-order valence-corrected chi connectivity index (χ1v) is 1.86. The summed E-state index contributed by atoms with van der Waals surface area (Å²) in [6.07, 6.45) is 0.0301. The molecule has 0 unspecified atom stereocenters. The van der Waals surface area contributed by atoms with Crippen LogP contribution in [-0.2, 0) is 9.53 Å². The van der Waals surface area contributed by atoms with Crippen LogP contribution in [0.15, 0.2) is 0 Å². The Kier molecular flexibility index (Phi) is 8.15. The number of carbonyl (C=O) groups excluding carboxylic acids is 1. The lowest BCUT2D eigenvalue weighted by Gasteiger charge is -1.96. The molecule has 3 heteroatoms. The second-order valence-electron chi connectivity index (χ2n) is 1.28. The van der Waals surface area contributed by atoms with Gasteiger partial charge in [0.2, 0.25) is 0 Å². The highest BCUT2D eigenvalue weighted by Gasteiger charge is 1.83. The highest BCUT2D eigenvalue weighted by molar-refractivity contribution is 5.85. The summed E-state index contributed by atoms with van der Waals surface area (Å²) in [5, 5.41) is 0. The quantitative estimate of drug-likeness (QED) is 0.514. The zero-order valence-corrected chi connectivity index (χ0v) is 5.20. The molecule has 0 aliphatic carbocycles. The summed E-state index contributed by atoms with van der Waals surface area (Å²) >= 11 is 0. The number of rotatable bonds is 2. The summed E-state index contributed by atoms with van der Waals surface area (Å²) in [6.45, 7) is 4.05. The molecular formula is C4H9ClO2. The molecule has 0 bridgehead atoms. The Hall–Kier alpha value is -0.240. The second kappa shape index (κ2) is 5.76. The molecule has 0 aromatic heterocycles. The zero-order valence-electron chi connectivity index (χ0n) is 4.38. The smallest absolute Gasteiger partial charge is 0.293 e. The molecule has 0 aliphatic rings. The summed E-state index contributed by atoms with van der Waals surface area (Å²) in [4.78, 5) is 9.39. The fourth-order valence-electron chi connectivity index (χ4n) is 0.111. The van der Waals surface area contributed by atoms with Crippen LogP contribution in [0.4, 0.5) is 0 Å². The van der Waals surface area contributed by atoms with E-state index >= 15 is 0 Å². The van der Waals surface area contributed by atoms with Crippen LogP contribution in [0, 0.1) is 0 Å². The SMILES string of the molecule is CC(C)OC=O.Cl. The summed E-state index contributed by atoms with van der Waals surface area (Å²) in [5.74, 6) is 0. The number of ether oxygens (including phenoxy) is 1. The van der Waals surface area contributed by atoms with E-state index in [0.29, 0.717) is 6.47 Å². The van der Waals surface area contributed by atoms with Crippen molar-refractivity contribution in [3.8, 4) is 0 Å². The van der Waals surface area contributed by atoms with E-state index in [1.807, 2.05) is 0 Å². The van der Waals surface area contributed by atoms with Crippen LogP contribution in [0.1, 0.15) is 13.8 Å². The highest BCUT2D eigenvalue weighted by atomic mass is 35.5. The lowest BCUT2D eigenvalue weighted by Crippen LogP contribution is -1.98. The van der Waals surface area contributed by atoms with Crippen molar-refractivity contribution in [2.75, 3.05) is 0 Å². The minimum absolute atomic E-state index is 0. The number of halogens is 1. The van der Waals surface area contributed by atoms with E-state index in [2.05, 4.69) is 4.74 Å². The first kappa shape index (κ1) is 9.90. The molecule has 0 N–H and O–H groups in total. The highest BCUT2D eigenvalue weighted by Crippen LogP contribution is 1.79. The van der Waals surface area contributed by atoms with Crippen LogP contribution >= 0.6 is 12.4 Å². The zero-order chi connectivity index (χ0) is 4.99. The van der Waals surface area contributed by atoms with Crippen LogP contribution < -0.4 is 0 Å². The monoisotopic (exact) mass is 124 g/mol. The Morgan fingerprint density at radius 3 is 2.00 bits per heavy atom. The van der Waals surface area contributed by atoms with Crippen molar-refractivity contribution in [1.82, 2.24) is 0 Å². The summed E-state index contributed by atoms with van der Waals surface area (Å²) in [6, 6.07) is 0. The van der Waals surface area contributed by atoms with Gasteiger partial charge in [-0.15, -0.1) is 12.4 Å². The van der Waals surface area contributed by atoms with E-state index in [9.17, 15) is 4.79 Å². The van der Waals surface area contributed by atoms with Gasteiger partial charge in [0.25, 0.3) is 6.47 Å². The Morgan fingerprint density at radius 2 is 2.00 bits per heavy atom. The van der Waals surface area contributed by atoms with E-state index in [0.717, 1.165) is 0 Å². The Balaban J connectivity index is 0. The van der Waals surface area contributed by atoms with Gasteiger partial charge in [0.05, 0.1) is 6.10 Å². The second-order valence-corrected chi connectivity index (χ2v) is 1.28. The van der Waals surface area contributed by atoms with Gasteiger partial charge in [-0.05, 0) is 13.8 Å². The maximum Gasteiger partial charge on any atom is 0.293 e. The van der Waals surface area contributed by atoms with Crippen molar-refractivity contribution in [1.29, 1.82) is 0 Å². The topological polar surface area (TPSA) is 26.3 Å². The third-order valence-electron chi connectivity index (χ3n) is 0.328. The molecule has 7 heavy (non-hydrogen) atoms. The minimum Gasteiger partial charge on any atom is -0.465 e. The van der Waals surface area contributed by atoms with Crippen LogP contribution in [0.3, 0.4) is 0 Å². The fraction of sp³-hybridized carbons (Fsp3) is 0.750. The maximum absolute atomic E-state index is 9.39. The van der Waals surface area contributed by atoms with Gasteiger partial charge in [0.1, 0.15) is 0 Å². The molecule has 0 saturated carbocycles. The Labute approximate surface area is 49.3 Å². The van der Waals surface area contributed by atoms with Gasteiger partial charge in [-0.2, -0.15) is 0 Å². The van der Waals surface area contributed by atoms with E-state index < -0.39 is 0 Å². The summed E-state index contributed by atoms with van der Waals surface area (Å²) in [7, 11) is 0. The predicted octanol–water partition coefficient (Wildman–Crippen LogP) is 0.990. The standard InChI is InChI=1S/C4H8O2.ClH/c1-4(2)6-3-5;/h3-4H,1-2H3;1H. The molecule has 0 atom stereocenters. The third-order valence-corrected chi connectivity index (χ3v) is 0.328. The average Bonchev–Trinajstić information content (AvgIpc) is 1.35. The first-order valence-electron chi connectivity index (χ1n) is 1.86. The minimum atomic E-state index is 0. The van der Waals surface area contributed by atoms with Crippen molar-refractivity contribution < 1.29 is 9.53 Å². The van der Waals surface area contributed by atoms with Crippen molar-refractivity contribution >= 4 is 18.9 Å². The van der Waals surface area contributed by atoms with E-state index in [1.54, 1.807) is 13.8 Å². The maximum atomic E-state index is 9.39. The fourth-order valence-corrected chi connectivity index (χ4v) is 0.111. The third kappa shape index (κ3) is 10.7. The molecule has 0 rings (SSSR count). The van der Waals surface area contributed by atoms with Crippen molar-refractivity contribution in [2.24, 2.45) is 0 Å². The van der Waals surface area contributed by atoms with Crippen LogP contribution in [0.2, 0.25) is 0 Å². The Bertz CT molecular complexity index is 45.0. The largest absolute Gasteiger partial charge is 0.465 e. The number of carbonyl (C=O) groups is 1. The van der Waals surface area contributed by atoms with Gasteiger partial charge in [0.15, 0.2) is 0 Å². The van der Waals surface area contributed by atoms with Crippen LogP contribution in [0.25, 0.3) is 0 Å². The average molecular weight is 125 g/mol. The van der Waals surface area contributed by atoms with Crippen molar-refractivity contribution in [3.63, 3.8) is 0 Å². The van der Waals surface area contributed by atoms with Gasteiger partial charge in [-0.1, -0.05) is 0 Å². The van der Waals surface area contributed by atoms with Crippen molar-refractivity contribution in [3.05, 3.63) is 0 Å². The first-order chi connectivity index (χ1) is 2.77. The van der Waals surface area contributed by atoms with Crippen LogP contribution in [-0.4, -0.2) is 12.6 Å². The predicted molar refractivity (Wildman–Crippen MR) is 29.5 cm³/mol. The molecule has 0 amide bonds.